The van der Waals surface area contributed by atoms with E-state index in [1.807, 2.05) is 13.8 Å². The van der Waals surface area contributed by atoms with Crippen molar-refractivity contribution < 1.29 is 0 Å². The summed E-state index contributed by atoms with van der Waals surface area (Å²) in [5.74, 6) is 1.88. The Morgan fingerprint density at radius 3 is 2.53 bits per heavy atom. The Labute approximate surface area is 96.3 Å². The van der Waals surface area contributed by atoms with Crippen molar-refractivity contribution in [1.82, 2.24) is 9.97 Å². The molecule has 1 heterocycles. The van der Waals surface area contributed by atoms with E-state index in [0.29, 0.717) is 17.8 Å². The molecular weight excluding hydrogens is 210 g/mol. The van der Waals surface area contributed by atoms with E-state index in [9.17, 15) is 0 Å². The summed E-state index contributed by atoms with van der Waals surface area (Å²) in [6, 6.07) is 0.305. The Morgan fingerprint density at radius 2 is 2.00 bits per heavy atom. The van der Waals surface area contributed by atoms with Gasteiger partial charge in [-0.25, -0.2) is 4.98 Å². The van der Waals surface area contributed by atoms with E-state index in [4.69, 9.17) is 11.6 Å². The molecule has 0 radical (unpaired) electrons. The summed E-state index contributed by atoms with van der Waals surface area (Å²) in [5.41, 5.74) is 1.93. The van der Waals surface area contributed by atoms with Gasteiger partial charge in [0.05, 0.1) is 17.6 Å². The third-order valence-corrected chi connectivity index (χ3v) is 3.15. The standard InChI is InChI=1S/C11H18ClN3/c1-7(5-12)8(2)14-11-6-13-9(3)10(4)15-11/h6-8H,5H2,1-4H3,(H,14,15). The minimum absolute atomic E-state index is 0.305. The van der Waals surface area contributed by atoms with Crippen molar-refractivity contribution in [2.45, 2.75) is 33.7 Å². The quantitative estimate of drug-likeness (QED) is 0.804. The molecule has 0 aliphatic heterocycles. The van der Waals surface area contributed by atoms with Crippen molar-refractivity contribution in [2.75, 3.05) is 11.2 Å². The number of hydrogen-bond acceptors (Lipinski definition) is 3. The molecule has 15 heavy (non-hydrogen) atoms. The van der Waals surface area contributed by atoms with Crippen LogP contribution in [0.15, 0.2) is 6.20 Å². The maximum atomic E-state index is 5.79. The van der Waals surface area contributed by atoms with Gasteiger partial charge in [-0.05, 0) is 26.7 Å². The lowest BCUT2D eigenvalue weighted by atomic mass is 10.1. The van der Waals surface area contributed by atoms with E-state index in [1.54, 1.807) is 6.20 Å². The van der Waals surface area contributed by atoms with Gasteiger partial charge in [0.2, 0.25) is 0 Å². The summed E-state index contributed by atoms with van der Waals surface area (Å²) in [6.45, 7) is 8.13. The predicted octanol–water partition coefficient (Wildman–Crippen LogP) is 2.77. The summed E-state index contributed by atoms with van der Waals surface area (Å²) >= 11 is 5.79. The zero-order chi connectivity index (χ0) is 11.4. The molecule has 2 atom stereocenters. The fourth-order valence-corrected chi connectivity index (χ4v) is 1.39. The van der Waals surface area contributed by atoms with Crippen molar-refractivity contribution in [2.24, 2.45) is 5.92 Å². The summed E-state index contributed by atoms with van der Waals surface area (Å²) < 4.78 is 0. The summed E-state index contributed by atoms with van der Waals surface area (Å²) in [5, 5.41) is 3.30. The van der Waals surface area contributed by atoms with Crippen molar-refractivity contribution >= 4 is 17.4 Å². The lowest BCUT2D eigenvalue weighted by Gasteiger charge is -2.19. The van der Waals surface area contributed by atoms with Crippen molar-refractivity contribution in [1.29, 1.82) is 0 Å². The number of hydrogen-bond donors (Lipinski definition) is 1. The van der Waals surface area contributed by atoms with Crippen LogP contribution < -0.4 is 5.32 Å². The second-order valence-electron chi connectivity index (χ2n) is 3.99. The molecule has 0 saturated heterocycles. The van der Waals surface area contributed by atoms with Crippen LogP contribution in [0.1, 0.15) is 25.2 Å². The molecule has 0 spiro atoms. The number of nitrogens with zero attached hydrogens (tertiary/aromatic N) is 2. The molecule has 3 nitrogen and oxygen atoms in total. The van der Waals surface area contributed by atoms with Crippen molar-refractivity contribution in [3.05, 3.63) is 17.6 Å². The maximum absolute atomic E-state index is 5.79. The molecule has 0 bridgehead atoms. The third-order valence-electron chi connectivity index (χ3n) is 2.66. The first-order valence-corrected chi connectivity index (χ1v) is 5.70. The van der Waals surface area contributed by atoms with Crippen LogP contribution in [-0.4, -0.2) is 21.9 Å². The number of alkyl halides is 1. The smallest absolute Gasteiger partial charge is 0.145 e. The molecule has 0 fully saturated rings. The highest BCUT2D eigenvalue weighted by atomic mass is 35.5. The molecule has 0 saturated carbocycles. The zero-order valence-electron chi connectivity index (χ0n) is 9.71. The topological polar surface area (TPSA) is 37.8 Å². The molecule has 84 valence electrons. The van der Waals surface area contributed by atoms with Crippen LogP contribution in [0.2, 0.25) is 0 Å². The molecule has 1 rings (SSSR count). The Kier molecular flexibility index (Phi) is 4.33. The highest BCUT2D eigenvalue weighted by Gasteiger charge is 2.11. The SMILES string of the molecule is Cc1ncc(NC(C)C(C)CCl)nc1C. The molecule has 0 aromatic carbocycles. The number of aromatic nitrogens is 2. The molecule has 4 heteroatoms. The van der Waals surface area contributed by atoms with Gasteiger partial charge in [-0.15, -0.1) is 11.6 Å². The Balaban J connectivity index is 2.68. The first kappa shape index (κ1) is 12.2. The second kappa shape index (κ2) is 5.31. The lowest BCUT2D eigenvalue weighted by molar-refractivity contribution is 0.564. The highest BCUT2D eigenvalue weighted by molar-refractivity contribution is 6.18. The van der Waals surface area contributed by atoms with Crippen LogP contribution in [0.5, 0.6) is 0 Å². The van der Waals surface area contributed by atoms with Gasteiger partial charge in [0, 0.05) is 11.9 Å². The van der Waals surface area contributed by atoms with Crippen molar-refractivity contribution in [3.63, 3.8) is 0 Å². The molecule has 0 amide bonds. The van der Waals surface area contributed by atoms with Gasteiger partial charge in [0.1, 0.15) is 5.82 Å². The van der Waals surface area contributed by atoms with Gasteiger partial charge in [-0.2, -0.15) is 0 Å². The van der Waals surface area contributed by atoms with E-state index in [-0.39, 0.29) is 0 Å². The molecule has 0 aliphatic carbocycles. The maximum Gasteiger partial charge on any atom is 0.145 e. The van der Waals surface area contributed by atoms with Gasteiger partial charge in [0.15, 0.2) is 0 Å². The molecular formula is C11H18ClN3. The van der Waals surface area contributed by atoms with Gasteiger partial charge in [0.25, 0.3) is 0 Å². The number of nitrogens with one attached hydrogen (secondary N) is 1. The van der Waals surface area contributed by atoms with Gasteiger partial charge < -0.3 is 5.32 Å². The van der Waals surface area contributed by atoms with Gasteiger partial charge in [-0.1, -0.05) is 6.92 Å². The van der Waals surface area contributed by atoms with E-state index < -0.39 is 0 Å². The molecule has 0 aliphatic rings. The molecule has 1 N–H and O–H groups in total. The van der Waals surface area contributed by atoms with E-state index in [2.05, 4.69) is 29.1 Å². The monoisotopic (exact) mass is 227 g/mol. The Hall–Kier alpha value is -0.830. The van der Waals surface area contributed by atoms with Crippen LogP contribution in [0.25, 0.3) is 0 Å². The van der Waals surface area contributed by atoms with E-state index >= 15 is 0 Å². The van der Waals surface area contributed by atoms with Gasteiger partial charge >= 0.3 is 0 Å². The molecule has 2 unspecified atom stereocenters. The van der Waals surface area contributed by atoms with Gasteiger partial charge in [-0.3, -0.25) is 4.98 Å². The highest BCUT2D eigenvalue weighted by Crippen LogP contribution is 2.12. The number of anilines is 1. The molecule has 1 aromatic heterocycles. The fourth-order valence-electron chi connectivity index (χ4n) is 1.12. The van der Waals surface area contributed by atoms with E-state index in [0.717, 1.165) is 17.2 Å². The average molecular weight is 228 g/mol. The number of halogens is 1. The first-order valence-electron chi connectivity index (χ1n) is 5.17. The summed E-state index contributed by atoms with van der Waals surface area (Å²) in [6.07, 6.45) is 1.76. The third kappa shape index (κ3) is 3.34. The summed E-state index contributed by atoms with van der Waals surface area (Å²) in [4.78, 5) is 8.67. The number of aryl methyl sites for hydroxylation is 2. The predicted molar refractivity (Wildman–Crippen MR) is 64.5 cm³/mol. The Morgan fingerprint density at radius 1 is 1.33 bits per heavy atom. The average Bonchev–Trinajstić information content (AvgIpc) is 2.22. The first-order chi connectivity index (χ1) is 7.04. The number of rotatable bonds is 4. The minimum Gasteiger partial charge on any atom is -0.366 e. The minimum atomic E-state index is 0.305. The van der Waals surface area contributed by atoms with Crippen LogP contribution in [0.4, 0.5) is 5.82 Å². The van der Waals surface area contributed by atoms with Crippen LogP contribution in [0, 0.1) is 19.8 Å². The Bertz CT molecular complexity index is 328. The molecule has 1 aromatic rings. The largest absolute Gasteiger partial charge is 0.366 e. The van der Waals surface area contributed by atoms with Crippen molar-refractivity contribution in [3.8, 4) is 0 Å². The van der Waals surface area contributed by atoms with Crippen LogP contribution >= 0.6 is 11.6 Å². The normalized spacial score (nSPS) is 14.7. The zero-order valence-corrected chi connectivity index (χ0v) is 10.5. The lowest BCUT2D eigenvalue weighted by Crippen LogP contribution is -2.25. The van der Waals surface area contributed by atoms with E-state index in [1.165, 1.54) is 0 Å². The second-order valence-corrected chi connectivity index (χ2v) is 4.30. The van der Waals surface area contributed by atoms with Crippen LogP contribution in [0.3, 0.4) is 0 Å². The fraction of sp³-hybridized carbons (Fsp3) is 0.636. The summed E-state index contributed by atoms with van der Waals surface area (Å²) in [7, 11) is 0. The van der Waals surface area contributed by atoms with Crippen LogP contribution in [-0.2, 0) is 0 Å².